The molecule has 2 nitrogen and oxygen atoms in total. The summed E-state index contributed by atoms with van der Waals surface area (Å²) >= 11 is 0. The van der Waals surface area contributed by atoms with E-state index in [-0.39, 0.29) is 6.10 Å². The smallest absolute Gasteiger partial charge is 0.0606 e. The first-order chi connectivity index (χ1) is 5.27. The molecule has 0 radical (unpaired) electrons. The number of aliphatic hydroxyl groups is 1. The van der Waals surface area contributed by atoms with Crippen LogP contribution in [0.2, 0.25) is 0 Å². The predicted octanol–water partition coefficient (Wildman–Crippen LogP) is 0.613. The Kier molecular flexibility index (Phi) is 1.90. The van der Waals surface area contributed by atoms with Gasteiger partial charge in [-0.25, -0.2) is 0 Å². The molecule has 4 unspecified atom stereocenters. The Hall–Kier alpha value is -0.0800. The van der Waals surface area contributed by atoms with E-state index in [1.165, 1.54) is 19.4 Å². The van der Waals surface area contributed by atoms with Crippen molar-refractivity contribution in [1.29, 1.82) is 0 Å². The van der Waals surface area contributed by atoms with Gasteiger partial charge in [0.15, 0.2) is 0 Å². The summed E-state index contributed by atoms with van der Waals surface area (Å²) in [7, 11) is 0. The SMILES string of the molecule is CC1CC2CNCC(C2)C1O. The molecular weight excluding hydrogens is 138 g/mol. The molecule has 2 fully saturated rings. The van der Waals surface area contributed by atoms with Crippen molar-refractivity contribution < 1.29 is 5.11 Å². The summed E-state index contributed by atoms with van der Waals surface area (Å²) in [5.74, 6) is 1.91. The van der Waals surface area contributed by atoms with Gasteiger partial charge in [-0.3, -0.25) is 0 Å². The van der Waals surface area contributed by atoms with Crippen LogP contribution in [0, 0.1) is 17.8 Å². The summed E-state index contributed by atoms with van der Waals surface area (Å²) in [6.45, 7) is 4.38. The topological polar surface area (TPSA) is 32.3 Å². The number of hydrogen-bond acceptors (Lipinski definition) is 2. The van der Waals surface area contributed by atoms with Gasteiger partial charge in [-0.2, -0.15) is 0 Å². The Balaban J connectivity index is 2.05. The van der Waals surface area contributed by atoms with Crippen LogP contribution >= 0.6 is 0 Å². The highest BCUT2D eigenvalue weighted by molar-refractivity contribution is 4.89. The van der Waals surface area contributed by atoms with Gasteiger partial charge in [0.1, 0.15) is 0 Å². The van der Waals surface area contributed by atoms with E-state index >= 15 is 0 Å². The van der Waals surface area contributed by atoms with E-state index in [0.717, 1.165) is 12.5 Å². The highest BCUT2D eigenvalue weighted by atomic mass is 16.3. The van der Waals surface area contributed by atoms with E-state index in [9.17, 15) is 5.11 Å². The molecule has 1 aliphatic carbocycles. The Morgan fingerprint density at radius 1 is 1.27 bits per heavy atom. The van der Waals surface area contributed by atoms with Crippen LogP contribution < -0.4 is 5.32 Å². The maximum atomic E-state index is 9.75. The second-order valence-electron chi connectivity index (χ2n) is 4.22. The molecular formula is C9H17NO. The Morgan fingerprint density at radius 2 is 2.09 bits per heavy atom. The third-order valence-electron chi connectivity index (χ3n) is 3.25. The molecule has 4 atom stereocenters. The molecule has 0 aromatic heterocycles. The average Bonchev–Trinajstić information content (AvgIpc) is 2.01. The molecule has 0 amide bonds. The summed E-state index contributed by atoms with van der Waals surface area (Å²) < 4.78 is 0. The summed E-state index contributed by atoms with van der Waals surface area (Å²) in [5, 5.41) is 13.1. The Morgan fingerprint density at radius 3 is 2.91 bits per heavy atom. The second kappa shape index (κ2) is 2.76. The number of hydrogen-bond donors (Lipinski definition) is 2. The number of nitrogens with one attached hydrogen (secondary N) is 1. The van der Waals surface area contributed by atoms with Crippen LogP contribution in [-0.4, -0.2) is 24.3 Å². The molecule has 2 N–H and O–H groups in total. The van der Waals surface area contributed by atoms with E-state index in [4.69, 9.17) is 0 Å². The zero-order chi connectivity index (χ0) is 7.84. The van der Waals surface area contributed by atoms with Gasteiger partial charge in [0, 0.05) is 6.54 Å². The van der Waals surface area contributed by atoms with Crippen molar-refractivity contribution in [2.45, 2.75) is 25.9 Å². The van der Waals surface area contributed by atoms with Crippen molar-refractivity contribution in [3.8, 4) is 0 Å². The van der Waals surface area contributed by atoms with Gasteiger partial charge < -0.3 is 10.4 Å². The minimum atomic E-state index is -0.0425. The van der Waals surface area contributed by atoms with Crippen molar-refractivity contribution in [2.75, 3.05) is 13.1 Å². The quantitative estimate of drug-likeness (QED) is 0.537. The van der Waals surface area contributed by atoms with Gasteiger partial charge in [-0.15, -0.1) is 0 Å². The number of piperidine rings is 1. The number of rotatable bonds is 0. The maximum absolute atomic E-state index is 9.75. The molecule has 2 bridgehead atoms. The molecule has 0 aromatic carbocycles. The Bertz CT molecular complexity index is 146. The van der Waals surface area contributed by atoms with Crippen molar-refractivity contribution in [1.82, 2.24) is 5.32 Å². The molecule has 1 saturated carbocycles. The molecule has 2 rings (SSSR count). The summed E-state index contributed by atoms with van der Waals surface area (Å²) in [6, 6.07) is 0. The van der Waals surface area contributed by atoms with Crippen LogP contribution in [-0.2, 0) is 0 Å². The zero-order valence-electron chi connectivity index (χ0n) is 7.09. The van der Waals surface area contributed by atoms with E-state index in [2.05, 4.69) is 12.2 Å². The highest BCUT2D eigenvalue weighted by Crippen LogP contribution is 2.34. The van der Waals surface area contributed by atoms with Crippen LogP contribution in [0.3, 0.4) is 0 Å². The van der Waals surface area contributed by atoms with Gasteiger partial charge in [0.25, 0.3) is 0 Å². The molecule has 0 aromatic rings. The lowest BCUT2D eigenvalue weighted by atomic mass is 9.72. The standard InChI is InChI=1S/C9H17NO/c1-6-2-7-3-8(9(6)11)5-10-4-7/h6-11H,2-5H2,1H3. The zero-order valence-corrected chi connectivity index (χ0v) is 7.09. The van der Waals surface area contributed by atoms with Gasteiger partial charge in [-0.1, -0.05) is 6.92 Å². The van der Waals surface area contributed by atoms with E-state index < -0.39 is 0 Å². The van der Waals surface area contributed by atoms with Crippen molar-refractivity contribution in [3.05, 3.63) is 0 Å². The number of fused-ring (bicyclic) bond motifs is 2. The van der Waals surface area contributed by atoms with Gasteiger partial charge >= 0.3 is 0 Å². The molecule has 64 valence electrons. The largest absolute Gasteiger partial charge is 0.393 e. The van der Waals surface area contributed by atoms with Crippen molar-refractivity contribution in [2.24, 2.45) is 17.8 Å². The van der Waals surface area contributed by atoms with Gasteiger partial charge in [0.2, 0.25) is 0 Å². The van der Waals surface area contributed by atoms with Gasteiger partial charge in [-0.05, 0) is 37.1 Å². The summed E-state index contributed by atoms with van der Waals surface area (Å²) in [6.07, 6.45) is 2.42. The van der Waals surface area contributed by atoms with Crippen LogP contribution in [0.25, 0.3) is 0 Å². The minimum absolute atomic E-state index is 0.0425. The first-order valence-electron chi connectivity index (χ1n) is 4.66. The molecule has 11 heavy (non-hydrogen) atoms. The first-order valence-corrected chi connectivity index (χ1v) is 4.66. The second-order valence-corrected chi connectivity index (χ2v) is 4.22. The third kappa shape index (κ3) is 1.30. The molecule has 1 aliphatic heterocycles. The van der Waals surface area contributed by atoms with Crippen LogP contribution in [0.4, 0.5) is 0 Å². The van der Waals surface area contributed by atoms with Crippen LogP contribution in [0.15, 0.2) is 0 Å². The number of aliphatic hydroxyl groups excluding tert-OH is 1. The lowest BCUT2D eigenvalue weighted by Crippen LogP contribution is -2.48. The lowest BCUT2D eigenvalue weighted by molar-refractivity contribution is -0.0106. The monoisotopic (exact) mass is 155 g/mol. The normalized spacial score (nSPS) is 50.7. The maximum Gasteiger partial charge on any atom is 0.0606 e. The fourth-order valence-electron chi connectivity index (χ4n) is 2.64. The Labute approximate surface area is 68.0 Å². The van der Waals surface area contributed by atoms with Crippen molar-refractivity contribution in [3.63, 3.8) is 0 Å². The van der Waals surface area contributed by atoms with E-state index in [1.807, 2.05) is 0 Å². The van der Waals surface area contributed by atoms with Crippen molar-refractivity contribution >= 4 is 0 Å². The molecule has 2 heteroatoms. The average molecular weight is 155 g/mol. The fraction of sp³-hybridized carbons (Fsp3) is 1.00. The summed E-state index contributed by atoms with van der Waals surface area (Å²) in [4.78, 5) is 0. The van der Waals surface area contributed by atoms with Crippen LogP contribution in [0.1, 0.15) is 19.8 Å². The first kappa shape index (κ1) is 7.56. The van der Waals surface area contributed by atoms with E-state index in [1.54, 1.807) is 0 Å². The lowest BCUT2D eigenvalue weighted by Gasteiger charge is -2.41. The fourth-order valence-corrected chi connectivity index (χ4v) is 2.64. The molecule has 0 spiro atoms. The predicted molar refractivity (Wildman–Crippen MR) is 44.3 cm³/mol. The molecule has 2 aliphatic rings. The molecule has 1 saturated heterocycles. The minimum Gasteiger partial charge on any atom is -0.393 e. The van der Waals surface area contributed by atoms with E-state index in [0.29, 0.717) is 11.8 Å². The van der Waals surface area contributed by atoms with Crippen LogP contribution in [0.5, 0.6) is 0 Å². The highest BCUT2D eigenvalue weighted by Gasteiger charge is 2.36. The van der Waals surface area contributed by atoms with Gasteiger partial charge in [0.05, 0.1) is 6.10 Å². The third-order valence-corrected chi connectivity index (χ3v) is 3.25. The molecule has 1 heterocycles. The summed E-state index contributed by atoms with van der Waals surface area (Å²) in [5.41, 5.74) is 0.